The average Bonchev–Trinajstić information content (AvgIpc) is 2.87. The van der Waals surface area contributed by atoms with Crippen molar-refractivity contribution in [1.29, 1.82) is 0 Å². The Labute approximate surface area is 234 Å². The van der Waals surface area contributed by atoms with Crippen molar-refractivity contribution in [2.24, 2.45) is 5.92 Å². The average molecular weight is 603 g/mol. The monoisotopic (exact) mass is 603 g/mol. The van der Waals surface area contributed by atoms with Crippen LogP contribution in [-0.4, -0.2) is 11.2 Å². The molecule has 0 spiro atoms. The van der Waals surface area contributed by atoms with Crippen molar-refractivity contribution in [1.82, 2.24) is 4.98 Å². The molecule has 224 valence electrons. The first-order valence-corrected chi connectivity index (χ1v) is 12.8. The molecule has 0 N–H and O–H groups in total. The van der Waals surface area contributed by atoms with Gasteiger partial charge in [0, 0.05) is 23.4 Å². The molecule has 3 aromatic rings. The molecule has 0 bridgehead atoms. The molecule has 0 amide bonds. The summed E-state index contributed by atoms with van der Waals surface area (Å²) in [5.41, 5.74) is -1.19. The van der Waals surface area contributed by atoms with Crippen LogP contribution in [0.4, 0.5) is 43.9 Å². The zero-order chi connectivity index (χ0) is 30.8. The predicted octanol–water partition coefficient (Wildman–Crippen LogP) is 10.4. The quantitative estimate of drug-likeness (QED) is 0.152. The standard InChI is InChI=1S/C30H23F10NO/c1-16-2-4-17(5-3-16)19-7-9-26(41-15-19)18-6-8-22(23(31)10-18)20-11-24(32)28(25(33)12-20)30(39,40)42-21(13-27(34)35)14-29(36,37)38/h6-17H,2-5H2,1H3/b21-14-. The number of halogens is 10. The van der Waals surface area contributed by atoms with E-state index in [1.165, 1.54) is 6.07 Å². The SMILES string of the molecule is CC1CCC(c2ccc(-c3ccc(-c4cc(F)c(C(F)(F)O/C(C=C(F)F)=C\C(F)(F)F)c(F)c4)c(F)c3)nc2)CC1. The predicted molar refractivity (Wildman–Crippen MR) is 135 cm³/mol. The molecule has 4 rings (SSSR count). The highest BCUT2D eigenvalue weighted by atomic mass is 19.4. The van der Waals surface area contributed by atoms with Gasteiger partial charge in [0.1, 0.15) is 28.8 Å². The molecule has 2 nitrogen and oxygen atoms in total. The maximum atomic E-state index is 15.0. The van der Waals surface area contributed by atoms with Crippen LogP contribution in [0.25, 0.3) is 22.4 Å². The summed E-state index contributed by atoms with van der Waals surface area (Å²) in [4.78, 5) is 4.41. The lowest BCUT2D eigenvalue weighted by molar-refractivity contribution is -0.226. The molecule has 0 unspecified atom stereocenters. The van der Waals surface area contributed by atoms with Crippen LogP contribution in [0.5, 0.6) is 0 Å². The zero-order valence-electron chi connectivity index (χ0n) is 21.9. The van der Waals surface area contributed by atoms with Crippen LogP contribution in [0.3, 0.4) is 0 Å². The van der Waals surface area contributed by atoms with E-state index in [2.05, 4.69) is 16.6 Å². The molecule has 1 heterocycles. The first-order chi connectivity index (χ1) is 19.6. The number of aromatic nitrogens is 1. The molecule has 1 fully saturated rings. The van der Waals surface area contributed by atoms with Gasteiger partial charge >= 0.3 is 12.3 Å². The molecule has 12 heteroatoms. The first-order valence-electron chi connectivity index (χ1n) is 12.8. The Morgan fingerprint density at radius 3 is 1.98 bits per heavy atom. The number of ether oxygens (including phenoxy) is 1. The third kappa shape index (κ3) is 7.51. The minimum atomic E-state index is -5.37. The highest BCUT2D eigenvalue weighted by Crippen LogP contribution is 2.40. The van der Waals surface area contributed by atoms with Gasteiger partial charge in [-0.1, -0.05) is 38.0 Å². The molecule has 0 aliphatic heterocycles. The van der Waals surface area contributed by atoms with E-state index in [9.17, 15) is 39.5 Å². The van der Waals surface area contributed by atoms with E-state index in [1.54, 1.807) is 12.3 Å². The molecule has 42 heavy (non-hydrogen) atoms. The van der Waals surface area contributed by atoms with Crippen molar-refractivity contribution >= 4 is 0 Å². The molecule has 0 atom stereocenters. The summed E-state index contributed by atoms with van der Waals surface area (Å²) < 4.78 is 140. The largest absolute Gasteiger partial charge is 0.432 e. The van der Waals surface area contributed by atoms with Gasteiger partial charge in [-0.2, -0.15) is 30.7 Å². The van der Waals surface area contributed by atoms with Crippen LogP contribution in [0, 0.1) is 23.4 Å². The lowest BCUT2D eigenvalue weighted by Gasteiger charge is -2.26. The fourth-order valence-corrected chi connectivity index (χ4v) is 4.89. The highest BCUT2D eigenvalue weighted by Gasteiger charge is 2.42. The van der Waals surface area contributed by atoms with Gasteiger partial charge in [0.15, 0.2) is 0 Å². The fraction of sp³-hybridized carbons (Fsp3) is 0.300. The lowest BCUT2D eigenvalue weighted by Crippen LogP contribution is -2.22. The third-order valence-electron chi connectivity index (χ3n) is 6.99. The Hall–Kier alpha value is -3.83. The summed E-state index contributed by atoms with van der Waals surface area (Å²) in [6, 6.07) is 7.90. The second-order valence-electron chi connectivity index (χ2n) is 10.1. The molecular weight excluding hydrogens is 580 g/mol. The van der Waals surface area contributed by atoms with E-state index >= 15 is 4.39 Å². The van der Waals surface area contributed by atoms with Gasteiger partial charge in [-0.05, 0) is 60.1 Å². The van der Waals surface area contributed by atoms with E-state index in [-0.39, 0.29) is 5.56 Å². The van der Waals surface area contributed by atoms with Crippen molar-refractivity contribution in [2.45, 2.75) is 50.8 Å². The normalized spacial score (nSPS) is 18.1. The van der Waals surface area contributed by atoms with E-state index < -0.39 is 64.9 Å². The smallest absolute Gasteiger partial charge is 0.429 e. The van der Waals surface area contributed by atoms with Gasteiger partial charge in [-0.3, -0.25) is 4.98 Å². The molecule has 2 aromatic carbocycles. The van der Waals surface area contributed by atoms with Gasteiger partial charge in [0.2, 0.25) is 0 Å². The molecular formula is C30H23F10NO. The van der Waals surface area contributed by atoms with Gasteiger partial charge in [0.25, 0.3) is 6.08 Å². The van der Waals surface area contributed by atoms with Crippen LogP contribution in [0.2, 0.25) is 0 Å². The Morgan fingerprint density at radius 1 is 0.833 bits per heavy atom. The highest BCUT2D eigenvalue weighted by molar-refractivity contribution is 5.70. The molecule has 0 radical (unpaired) electrons. The van der Waals surface area contributed by atoms with Crippen LogP contribution in [0.15, 0.2) is 72.7 Å². The van der Waals surface area contributed by atoms with Crippen LogP contribution < -0.4 is 0 Å². The molecule has 1 aromatic heterocycles. The summed E-state index contributed by atoms with van der Waals surface area (Å²) in [7, 11) is 0. The van der Waals surface area contributed by atoms with E-state index in [0.717, 1.165) is 43.4 Å². The first kappa shape index (κ1) is 31.1. The summed E-state index contributed by atoms with van der Waals surface area (Å²) in [5.74, 6) is -6.00. The van der Waals surface area contributed by atoms with E-state index in [1.807, 2.05) is 6.07 Å². The van der Waals surface area contributed by atoms with Gasteiger partial charge < -0.3 is 4.74 Å². The van der Waals surface area contributed by atoms with E-state index in [4.69, 9.17) is 0 Å². The molecule has 1 saturated carbocycles. The number of pyridine rings is 1. The van der Waals surface area contributed by atoms with Gasteiger partial charge in [-0.25, -0.2) is 13.2 Å². The topological polar surface area (TPSA) is 22.1 Å². The Morgan fingerprint density at radius 2 is 1.45 bits per heavy atom. The second-order valence-corrected chi connectivity index (χ2v) is 10.1. The van der Waals surface area contributed by atoms with Crippen LogP contribution in [-0.2, 0) is 10.8 Å². The number of rotatable bonds is 7. The van der Waals surface area contributed by atoms with Crippen molar-refractivity contribution in [2.75, 3.05) is 0 Å². The number of hydrogen-bond acceptors (Lipinski definition) is 2. The lowest BCUT2D eigenvalue weighted by atomic mass is 9.80. The van der Waals surface area contributed by atoms with Crippen molar-refractivity contribution in [3.05, 3.63) is 101 Å². The number of nitrogens with zero attached hydrogens (tertiary/aromatic N) is 1. The van der Waals surface area contributed by atoms with E-state index in [0.29, 0.717) is 35.2 Å². The van der Waals surface area contributed by atoms with Crippen molar-refractivity contribution in [3.63, 3.8) is 0 Å². The Bertz CT molecular complexity index is 1460. The fourth-order valence-electron chi connectivity index (χ4n) is 4.89. The number of allylic oxidation sites excluding steroid dienone is 2. The van der Waals surface area contributed by atoms with Gasteiger partial charge in [0.05, 0.1) is 11.8 Å². The minimum Gasteiger partial charge on any atom is -0.429 e. The number of benzene rings is 2. The van der Waals surface area contributed by atoms with Crippen LogP contribution >= 0.6 is 0 Å². The second kappa shape index (κ2) is 12.2. The third-order valence-corrected chi connectivity index (χ3v) is 6.99. The summed E-state index contributed by atoms with van der Waals surface area (Å²) in [5, 5.41) is 0. The Kier molecular flexibility index (Phi) is 9.03. The van der Waals surface area contributed by atoms with Crippen molar-refractivity contribution < 1.29 is 48.6 Å². The molecule has 1 aliphatic carbocycles. The summed E-state index contributed by atoms with van der Waals surface area (Å²) >= 11 is 0. The maximum Gasteiger partial charge on any atom is 0.432 e. The number of alkyl halides is 5. The molecule has 1 aliphatic rings. The Balaban J connectivity index is 1.58. The summed E-state index contributed by atoms with van der Waals surface area (Å²) in [6.45, 7) is 2.21. The van der Waals surface area contributed by atoms with Crippen molar-refractivity contribution in [3.8, 4) is 22.4 Å². The van der Waals surface area contributed by atoms with Crippen LogP contribution in [0.1, 0.15) is 49.7 Å². The number of hydrogen-bond donors (Lipinski definition) is 0. The maximum absolute atomic E-state index is 15.0. The molecule has 0 saturated heterocycles. The van der Waals surface area contributed by atoms with Gasteiger partial charge in [-0.15, -0.1) is 0 Å². The summed E-state index contributed by atoms with van der Waals surface area (Å²) in [6.07, 6.45) is -8.98. The zero-order valence-corrected chi connectivity index (χ0v) is 21.9. The minimum absolute atomic E-state index is 0.324.